The molecule has 1 aliphatic heterocycles. The first kappa shape index (κ1) is 12.5. The van der Waals surface area contributed by atoms with E-state index >= 15 is 0 Å². The molecule has 1 saturated heterocycles. The summed E-state index contributed by atoms with van der Waals surface area (Å²) in [4.78, 5) is 1.95. The van der Waals surface area contributed by atoms with Gasteiger partial charge in [-0.1, -0.05) is 18.5 Å². The molecule has 94 valence electrons. The van der Waals surface area contributed by atoms with Crippen LogP contribution in [0.25, 0.3) is 0 Å². The Hall–Kier alpha value is -1.00. The van der Waals surface area contributed by atoms with E-state index in [9.17, 15) is 9.50 Å². The van der Waals surface area contributed by atoms with Gasteiger partial charge in [-0.05, 0) is 18.4 Å². The number of nitrogens with two attached hydrogens (primary N) is 1. The van der Waals surface area contributed by atoms with E-state index in [-0.39, 0.29) is 17.0 Å². The first-order valence-corrected chi connectivity index (χ1v) is 6.04. The summed E-state index contributed by atoms with van der Waals surface area (Å²) in [6, 6.07) is 2.75. The maximum Gasteiger partial charge on any atom is 0.143 e. The fraction of sp³-hybridized carbons (Fsp3) is 0.500. The zero-order valence-corrected chi connectivity index (χ0v) is 10.4. The molecule has 2 atom stereocenters. The molecular weight excluding hydrogens is 243 g/mol. The lowest BCUT2D eigenvalue weighted by Gasteiger charge is -2.36. The second-order valence-corrected chi connectivity index (χ2v) is 5.01. The molecule has 1 fully saturated rings. The van der Waals surface area contributed by atoms with Crippen LogP contribution >= 0.6 is 11.6 Å². The van der Waals surface area contributed by atoms with Crippen LogP contribution in [0, 0.1) is 11.7 Å². The number of hydrogen-bond donors (Lipinski definition) is 2. The summed E-state index contributed by atoms with van der Waals surface area (Å²) in [5, 5.41) is 9.89. The number of aliphatic hydroxyl groups is 1. The summed E-state index contributed by atoms with van der Waals surface area (Å²) in [5.74, 6) is -0.234. The zero-order valence-electron chi connectivity index (χ0n) is 9.66. The van der Waals surface area contributed by atoms with Crippen molar-refractivity contribution in [3.63, 3.8) is 0 Å². The molecule has 1 aromatic carbocycles. The monoisotopic (exact) mass is 258 g/mol. The Kier molecular flexibility index (Phi) is 3.45. The number of halogens is 2. The average molecular weight is 259 g/mol. The Labute approximate surface area is 105 Å². The average Bonchev–Trinajstić information content (AvgIpc) is 2.27. The standard InChI is InChI=1S/C12H16ClFN2O/c1-7-2-3-16(6-12(7)17)11-4-8(13)9(14)5-10(11)15/h4-5,7,12,17H,2-3,6,15H2,1H3. The van der Waals surface area contributed by atoms with E-state index in [1.54, 1.807) is 0 Å². The summed E-state index contributed by atoms with van der Waals surface area (Å²) in [6.45, 7) is 3.32. The van der Waals surface area contributed by atoms with Crippen molar-refractivity contribution in [2.75, 3.05) is 23.7 Å². The summed E-state index contributed by atoms with van der Waals surface area (Å²) >= 11 is 5.75. The molecule has 0 saturated carbocycles. The number of benzene rings is 1. The van der Waals surface area contributed by atoms with E-state index < -0.39 is 5.82 Å². The minimum atomic E-state index is -0.515. The Bertz CT molecular complexity index is 427. The molecule has 17 heavy (non-hydrogen) atoms. The van der Waals surface area contributed by atoms with Crippen molar-refractivity contribution in [2.45, 2.75) is 19.4 Å². The number of aliphatic hydroxyl groups excluding tert-OH is 1. The SMILES string of the molecule is CC1CCN(c2cc(Cl)c(F)cc2N)CC1O. The minimum Gasteiger partial charge on any atom is -0.397 e. The molecular formula is C12H16ClFN2O. The number of rotatable bonds is 1. The molecule has 0 aliphatic carbocycles. The Morgan fingerprint density at radius 3 is 2.88 bits per heavy atom. The summed E-state index contributed by atoms with van der Waals surface area (Å²) < 4.78 is 13.2. The molecule has 0 radical (unpaired) electrons. The van der Waals surface area contributed by atoms with Gasteiger partial charge in [0.05, 0.1) is 22.5 Å². The van der Waals surface area contributed by atoms with Gasteiger partial charge in [0.1, 0.15) is 5.82 Å². The van der Waals surface area contributed by atoms with E-state index in [4.69, 9.17) is 17.3 Å². The van der Waals surface area contributed by atoms with Crippen molar-refractivity contribution in [3.05, 3.63) is 23.0 Å². The van der Waals surface area contributed by atoms with Crippen molar-refractivity contribution in [1.29, 1.82) is 0 Å². The van der Waals surface area contributed by atoms with E-state index in [1.165, 1.54) is 12.1 Å². The maximum atomic E-state index is 13.2. The molecule has 0 bridgehead atoms. The van der Waals surface area contributed by atoms with Crippen LogP contribution in [0.15, 0.2) is 12.1 Å². The van der Waals surface area contributed by atoms with E-state index in [0.717, 1.165) is 13.0 Å². The van der Waals surface area contributed by atoms with Crippen LogP contribution in [0.1, 0.15) is 13.3 Å². The van der Waals surface area contributed by atoms with Crippen molar-refractivity contribution in [3.8, 4) is 0 Å². The van der Waals surface area contributed by atoms with Crippen molar-refractivity contribution < 1.29 is 9.50 Å². The third-order valence-electron chi connectivity index (χ3n) is 3.33. The number of β-amino-alcohol motifs (C(OH)–C–C–N with tert-alkyl or cyclic N) is 1. The fourth-order valence-electron chi connectivity index (χ4n) is 2.09. The van der Waals surface area contributed by atoms with E-state index in [2.05, 4.69) is 0 Å². The largest absolute Gasteiger partial charge is 0.397 e. The minimum absolute atomic E-state index is 0.0577. The van der Waals surface area contributed by atoms with Gasteiger partial charge in [0.2, 0.25) is 0 Å². The van der Waals surface area contributed by atoms with E-state index in [1.807, 2.05) is 11.8 Å². The van der Waals surface area contributed by atoms with Crippen LogP contribution in [0.3, 0.4) is 0 Å². The molecule has 3 N–H and O–H groups in total. The topological polar surface area (TPSA) is 49.5 Å². The van der Waals surface area contributed by atoms with Gasteiger partial charge in [0.25, 0.3) is 0 Å². The van der Waals surface area contributed by atoms with Crippen molar-refractivity contribution in [1.82, 2.24) is 0 Å². The van der Waals surface area contributed by atoms with Gasteiger partial charge in [-0.3, -0.25) is 0 Å². The lowest BCUT2D eigenvalue weighted by atomic mass is 9.95. The predicted octanol–water partition coefficient (Wildman–Crippen LogP) is 2.27. The predicted molar refractivity (Wildman–Crippen MR) is 67.8 cm³/mol. The molecule has 2 rings (SSSR count). The molecule has 3 nitrogen and oxygen atoms in total. The number of nitrogens with zero attached hydrogens (tertiary/aromatic N) is 1. The maximum absolute atomic E-state index is 13.2. The molecule has 1 aromatic rings. The van der Waals surface area contributed by atoms with Gasteiger partial charge in [-0.15, -0.1) is 0 Å². The first-order valence-electron chi connectivity index (χ1n) is 5.66. The fourth-order valence-corrected chi connectivity index (χ4v) is 2.25. The van der Waals surface area contributed by atoms with Gasteiger partial charge in [-0.2, -0.15) is 0 Å². The van der Waals surface area contributed by atoms with Crippen molar-refractivity contribution in [2.24, 2.45) is 5.92 Å². The molecule has 1 heterocycles. The molecule has 0 amide bonds. The Balaban J connectivity index is 2.26. The second-order valence-electron chi connectivity index (χ2n) is 4.60. The van der Waals surface area contributed by atoms with Gasteiger partial charge < -0.3 is 15.7 Å². The van der Waals surface area contributed by atoms with E-state index in [0.29, 0.717) is 17.9 Å². The van der Waals surface area contributed by atoms with Crippen LogP contribution in [0.5, 0.6) is 0 Å². The van der Waals surface area contributed by atoms with Crippen LogP contribution in [-0.4, -0.2) is 24.3 Å². The van der Waals surface area contributed by atoms with Gasteiger partial charge >= 0.3 is 0 Å². The highest BCUT2D eigenvalue weighted by atomic mass is 35.5. The smallest absolute Gasteiger partial charge is 0.143 e. The van der Waals surface area contributed by atoms with Crippen LogP contribution < -0.4 is 10.6 Å². The molecule has 5 heteroatoms. The van der Waals surface area contributed by atoms with Crippen LogP contribution in [-0.2, 0) is 0 Å². The second kappa shape index (κ2) is 4.70. The number of piperidine rings is 1. The highest BCUT2D eigenvalue weighted by Gasteiger charge is 2.25. The van der Waals surface area contributed by atoms with Gasteiger partial charge in [0, 0.05) is 19.2 Å². The highest BCUT2D eigenvalue weighted by Crippen LogP contribution is 2.32. The molecule has 0 aromatic heterocycles. The number of anilines is 2. The lowest BCUT2D eigenvalue weighted by molar-refractivity contribution is 0.103. The molecule has 0 spiro atoms. The van der Waals surface area contributed by atoms with Crippen LogP contribution in [0.2, 0.25) is 5.02 Å². The molecule has 1 aliphatic rings. The number of hydrogen-bond acceptors (Lipinski definition) is 3. The quantitative estimate of drug-likeness (QED) is 0.760. The van der Waals surface area contributed by atoms with Crippen LogP contribution in [0.4, 0.5) is 15.8 Å². The summed E-state index contributed by atoms with van der Waals surface area (Å²) in [6.07, 6.45) is 0.502. The first-order chi connectivity index (χ1) is 7.99. The highest BCUT2D eigenvalue weighted by molar-refractivity contribution is 6.31. The van der Waals surface area contributed by atoms with Crippen molar-refractivity contribution >= 4 is 23.0 Å². The van der Waals surface area contributed by atoms with Gasteiger partial charge in [0.15, 0.2) is 0 Å². The Morgan fingerprint density at radius 2 is 2.24 bits per heavy atom. The Morgan fingerprint density at radius 1 is 1.53 bits per heavy atom. The lowest BCUT2D eigenvalue weighted by Crippen LogP contribution is -2.43. The normalized spacial score (nSPS) is 25.1. The number of nitrogen functional groups attached to an aromatic ring is 1. The summed E-state index contributed by atoms with van der Waals surface area (Å²) in [5.41, 5.74) is 6.83. The third kappa shape index (κ3) is 2.48. The zero-order chi connectivity index (χ0) is 12.6. The van der Waals surface area contributed by atoms with Gasteiger partial charge in [-0.25, -0.2) is 4.39 Å². The third-order valence-corrected chi connectivity index (χ3v) is 3.62. The summed E-state index contributed by atoms with van der Waals surface area (Å²) in [7, 11) is 0. The molecule has 2 unspecified atom stereocenters.